The van der Waals surface area contributed by atoms with Gasteiger partial charge in [-0.25, -0.2) is 4.79 Å². The highest BCUT2D eigenvalue weighted by Gasteiger charge is 2.38. The van der Waals surface area contributed by atoms with Crippen molar-refractivity contribution < 1.29 is 4.79 Å². The average molecular weight is 284 g/mol. The Labute approximate surface area is 124 Å². The number of nitrogens with one attached hydrogen (secondary N) is 1. The van der Waals surface area contributed by atoms with Crippen LogP contribution in [0.25, 0.3) is 10.9 Å². The zero-order valence-electron chi connectivity index (χ0n) is 12.2. The second kappa shape index (κ2) is 4.77. The first-order valence-electron chi connectivity index (χ1n) is 7.51. The monoisotopic (exact) mass is 284 g/mol. The third kappa shape index (κ3) is 2.08. The van der Waals surface area contributed by atoms with Crippen LogP contribution in [-0.2, 0) is 6.54 Å². The smallest absolute Gasteiger partial charge is 0.320 e. The number of nitrogens with zero attached hydrogens (tertiary/aromatic N) is 3. The summed E-state index contributed by atoms with van der Waals surface area (Å²) in [6.07, 6.45) is 2.11. The van der Waals surface area contributed by atoms with Crippen LogP contribution < -0.4 is 0 Å². The summed E-state index contributed by atoms with van der Waals surface area (Å²) in [5.41, 5.74) is 2.54. The van der Waals surface area contributed by atoms with E-state index in [4.69, 9.17) is 0 Å². The van der Waals surface area contributed by atoms with Crippen LogP contribution in [0.5, 0.6) is 0 Å². The lowest BCUT2D eigenvalue weighted by Crippen LogP contribution is -2.51. The molecule has 5 heteroatoms. The highest BCUT2D eigenvalue weighted by Crippen LogP contribution is 2.23. The van der Waals surface area contributed by atoms with Gasteiger partial charge in [-0.15, -0.1) is 0 Å². The van der Waals surface area contributed by atoms with Crippen molar-refractivity contribution in [3.63, 3.8) is 0 Å². The van der Waals surface area contributed by atoms with E-state index in [1.54, 1.807) is 0 Å². The van der Waals surface area contributed by atoms with Gasteiger partial charge < -0.3 is 14.8 Å². The van der Waals surface area contributed by atoms with Gasteiger partial charge >= 0.3 is 6.03 Å². The average Bonchev–Trinajstić information content (AvgIpc) is 3.02. The molecule has 21 heavy (non-hydrogen) atoms. The highest BCUT2D eigenvalue weighted by atomic mass is 16.2. The Bertz CT molecular complexity index is 680. The van der Waals surface area contributed by atoms with E-state index in [9.17, 15) is 4.79 Å². The summed E-state index contributed by atoms with van der Waals surface area (Å²) < 4.78 is 0. The first-order chi connectivity index (χ1) is 10.2. The molecule has 2 aliphatic rings. The van der Waals surface area contributed by atoms with Crippen LogP contribution in [0.15, 0.2) is 30.5 Å². The van der Waals surface area contributed by atoms with Gasteiger partial charge in [0.1, 0.15) is 0 Å². The second-order valence-corrected chi connectivity index (χ2v) is 6.10. The predicted octanol–water partition coefficient (Wildman–Crippen LogP) is 1.72. The number of aromatic amines is 1. The summed E-state index contributed by atoms with van der Waals surface area (Å²) in [5.74, 6) is 0. The van der Waals surface area contributed by atoms with Gasteiger partial charge in [0.15, 0.2) is 0 Å². The van der Waals surface area contributed by atoms with Gasteiger partial charge in [-0.3, -0.25) is 4.90 Å². The normalized spacial score (nSPS) is 23.1. The molecule has 1 N–H and O–H groups in total. The van der Waals surface area contributed by atoms with E-state index in [1.807, 2.05) is 16.8 Å². The molecule has 0 saturated carbocycles. The molecule has 110 valence electrons. The molecule has 1 atom stereocenters. The maximum absolute atomic E-state index is 12.0. The zero-order valence-corrected chi connectivity index (χ0v) is 12.2. The lowest BCUT2D eigenvalue weighted by atomic mass is 10.1. The molecular weight excluding hydrogens is 264 g/mol. The first kappa shape index (κ1) is 12.7. The number of benzene rings is 1. The molecule has 0 radical (unpaired) electrons. The van der Waals surface area contributed by atoms with Crippen LogP contribution in [0.4, 0.5) is 4.79 Å². The lowest BCUT2D eigenvalue weighted by Gasteiger charge is -2.36. The van der Waals surface area contributed by atoms with Crippen molar-refractivity contribution in [2.75, 3.05) is 33.2 Å². The van der Waals surface area contributed by atoms with E-state index in [0.29, 0.717) is 6.04 Å². The Morgan fingerprint density at radius 1 is 1.24 bits per heavy atom. The molecule has 2 saturated heterocycles. The van der Waals surface area contributed by atoms with E-state index < -0.39 is 0 Å². The number of rotatable bonds is 2. The molecule has 5 nitrogen and oxygen atoms in total. The third-order valence-electron chi connectivity index (χ3n) is 4.69. The third-order valence-corrected chi connectivity index (χ3v) is 4.69. The summed E-state index contributed by atoms with van der Waals surface area (Å²) in [6, 6.07) is 8.96. The van der Waals surface area contributed by atoms with Crippen molar-refractivity contribution in [2.45, 2.75) is 12.6 Å². The minimum atomic E-state index is 0.187. The Balaban J connectivity index is 1.50. The maximum atomic E-state index is 12.0. The van der Waals surface area contributed by atoms with Crippen molar-refractivity contribution in [2.24, 2.45) is 0 Å². The van der Waals surface area contributed by atoms with E-state index in [2.05, 4.69) is 40.3 Å². The molecule has 2 amide bonds. The number of hydrogen-bond acceptors (Lipinski definition) is 2. The Morgan fingerprint density at radius 2 is 2.10 bits per heavy atom. The van der Waals surface area contributed by atoms with Crippen LogP contribution in [0.1, 0.15) is 5.56 Å². The van der Waals surface area contributed by atoms with E-state index >= 15 is 0 Å². The van der Waals surface area contributed by atoms with Crippen molar-refractivity contribution >= 4 is 16.9 Å². The minimum Gasteiger partial charge on any atom is -0.361 e. The number of hydrogen-bond donors (Lipinski definition) is 1. The molecule has 4 rings (SSSR count). The SMILES string of the molecule is CN1CC2CN(Cc3c[nH]c4ccccc34)CCN2C1=O. The quantitative estimate of drug-likeness (QED) is 0.912. The van der Waals surface area contributed by atoms with Crippen molar-refractivity contribution in [1.29, 1.82) is 0 Å². The summed E-state index contributed by atoms with van der Waals surface area (Å²) in [4.78, 5) is 21.6. The number of fused-ring (bicyclic) bond motifs is 2. The molecule has 2 fully saturated rings. The van der Waals surface area contributed by atoms with Gasteiger partial charge in [0.05, 0.1) is 6.04 Å². The molecule has 1 aromatic carbocycles. The summed E-state index contributed by atoms with van der Waals surface area (Å²) >= 11 is 0. The summed E-state index contributed by atoms with van der Waals surface area (Å²) in [7, 11) is 1.89. The van der Waals surface area contributed by atoms with Crippen LogP contribution in [0.2, 0.25) is 0 Å². The number of piperazine rings is 1. The molecule has 0 spiro atoms. The Hall–Kier alpha value is -2.01. The number of para-hydroxylation sites is 1. The number of amides is 2. The molecule has 1 aromatic heterocycles. The van der Waals surface area contributed by atoms with E-state index in [-0.39, 0.29) is 6.03 Å². The largest absolute Gasteiger partial charge is 0.361 e. The Morgan fingerprint density at radius 3 is 3.00 bits per heavy atom. The van der Waals surface area contributed by atoms with E-state index in [1.165, 1.54) is 16.5 Å². The fourth-order valence-electron chi connectivity index (χ4n) is 3.59. The van der Waals surface area contributed by atoms with Crippen LogP contribution in [-0.4, -0.2) is 65.0 Å². The van der Waals surface area contributed by atoms with Crippen molar-refractivity contribution in [3.05, 3.63) is 36.0 Å². The van der Waals surface area contributed by atoms with Gasteiger partial charge in [0.2, 0.25) is 0 Å². The standard InChI is InChI=1S/C16H20N4O/c1-18-10-13-11-19(6-7-20(13)16(18)21)9-12-8-17-15-5-3-2-4-14(12)15/h2-5,8,13,17H,6-7,9-11H2,1H3. The maximum Gasteiger partial charge on any atom is 0.320 e. The topological polar surface area (TPSA) is 42.6 Å². The number of carbonyl (C=O) groups excluding carboxylic acids is 1. The molecule has 0 bridgehead atoms. The van der Waals surface area contributed by atoms with Gasteiger partial charge in [-0.1, -0.05) is 18.2 Å². The van der Waals surface area contributed by atoms with Crippen LogP contribution >= 0.6 is 0 Å². The summed E-state index contributed by atoms with van der Waals surface area (Å²) in [5, 5.41) is 1.31. The lowest BCUT2D eigenvalue weighted by molar-refractivity contribution is 0.116. The molecule has 2 aliphatic heterocycles. The van der Waals surface area contributed by atoms with Crippen LogP contribution in [0, 0.1) is 0 Å². The molecule has 2 aromatic rings. The number of urea groups is 1. The van der Waals surface area contributed by atoms with Crippen LogP contribution in [0.3, 0.4) is 0 Å². The van der Waals surface area contributed by atoms with Gasteiger partial charge in [0.25, 0.3) is 0 Å². The van der Waals surface area contributed by atoms with Crippen molar-refractivity contribution in [3.8, 4) is 0 Å². The fourth-order valence-corrected chi connectivity index (χ4v) is 3.59. The number of carbonyl (C=O) groups is 1. The first-order valence-corrected chi connectivity index (χ1v) is 7.51. The minimum absolute atomic E-state index is 0.187. The van der Waals surface area contributed by atoms with Gasteiger partial charge in [0, 0.05) is 56.9 Å². The predicted molar refractivity (Wildman–Crippen MR) is 82.1 cm³/mol. The Kier molecular flexibility index (Phi) is 2.89. The van der Waals surface area contributed by atoms with Crippen molar-refractivity contribution in [1.82, 2.24) is 19.7 Å². The molecule has 1 unspecified atom stereocenters. The summed E-state index contributed by atoms with van der Waals surface area (Å²) in [6.45, 7) is 4.57. The highest BCUT2D eigenvalue weighted by molar-refractivity contribution is 5.83. The molecular formula is C16H20N4O. The molecule has 0 aliphatic carbocycles. The number of aromatic nitrogens is 1. The number of likely N-dealkylation sites (N-methyl/N-ethyl adjacent to an activating group) is 1. The molecule has 3 heterocycles. The fraction of sp³-hybridized carbons (Fsp3) is 0.438. The van der Waals surface area contributed by atoms with E-state index in [0.717, 1.165) is 32.7 Å². The zero-order chi connectivity index (χ0) is 14.4. The second-order valence-electron chi connectivity index (χ2n) is 6.10. The van der Waals surface area contributed by atoms with Gasteiger partial charge in [-0.05, 0) is 11.6 Å². The number of H-pyrrole nitrogens is 1. The van der Waals surface area contributed by atoms with Gasteiger partial charge in [-0.2, -0.15) is 0 Å².